The summed E-state index contributed by atoms with van der Waals surface area (Å²) >= 11 is 1.15. The van der Waals surface area contributed by atoms with Gasteiger partial charge in [0.25, 0.3) is 0 Å². The minimum Gasteiger partial charge on any atom is -0.358 e. The highest BCUT2D eigenvalue weighted by atomic mass is 32.2. The van der Waals surface area contributed by atoms with Gasteiger partial charge in [-0.1, -0.05) is 0 Å². The fourth-order valence-corrected chi connectivity index (χ4v) is 2.78. The van der Waals surface area contributed by atoms with Crippen LogP contribution >= 0.6 is 11.8 Å². The quantitative estimate of drug-likeness (QED) is 0.532. The van der Waals surface area contributed by atoms with Crippen LogP contribution in [0.4, 0.5) is 5.82 Å². The van der Waals surface area contributed by atoms with E-state index in [1.54, 1.807) is 35.6 Å². The molecule has 9 nitrogen and oxygen atoms in total. The normalized spacial score (nSPS) is 10.8. The van der Waals surface area contributed by atoms with Crippen molar-refractivity contribution in [3.05, 3.63) is 41.0 Å². The van der Waals surface area contributed by atoms with Crippen molar-refractivity contribution in [1.82, 2.24) is 29.3 Å². The van der Waals surface area contributed by atoms with Crippen molar-refractivity contribution in [2.45, 2.75) is 10.2 Å². The third kappa shape index (κ3) is 2.44. The van der Waals surface area contributed by atoms with Crippen molar-refractivity contribution in [2.75, 3.05) is 0 Å². The van der Waals surface area contributed by atoms with Gasteiger partial charge in [0.1, 0.15) is 0 Å². The van der Waals surface area contributed by atoms with Crippen molar-refractivity contribution in [1.29, 1.82) is 0 Å². The summed E-state index contributed by atoms with van der Waals surface area (Å²) in [6.45, 7) is 0. The molecule has 0 amide bonds. The molecular weight excluding hydrogens is 306 g/mol. The maximum Gasteiger partial charge on any atom is 0.396 e. The van der Waals surface area contributed by atoms with Crippen LogP contribution in [0.3, 0.4) is 0 Å². The largest absolute Gasteiger partial charge is 0.396 e. The zero-order valence-corrected chi connectivity index (χ0v) is 12.6. The van der Waals surface area contributed by atoms with E-state index < -0.39 is 4.92 Å². The second-order valence-electron chi connectivity index (χ2n) is 4.44. The summed E-state index contributed by atoms with van der Waals surface area (Å²) in [5.41, 5.74) is 0.872. The van der Waals surface area contributed by atoms with Gasteiger partial charge in [-0.2, -0.15) is 0 Å². The summed E-state index contributed by atoms with van der Waals surface area (Å²) in [5.74, 6) is 0.468. The molecule has 10 heteroatoms. The van der Waals surface area contributed by atoms with Crippen LogP contribution in [0.25, 0.3) is 11.4 Å². The molecule has 0 bridgehead atoms. The molecule has 0 unspecified atom stereocenters. The number of imidazole rings is 1. The summed E-state index contributed by atoms with van der Waals surface area (Å²) in [5, 5.41) is 20.2. The van der Waals surface area contributed by atoms with Crippen molar-refractivity contribution in [3.63, 3.8) is 0 Å². The number of rotatable bonds is 4. The Morgan fingerprint density at radius 1 is 1.23 bits per heavy atom. The smallest absolute Gasteiger partial charge is 0.358 e. The van der Waals surface area contributed by atoms with Crippen LogP contribution in [0.5, 0.6) is 0 Å². The van der Waals surface area contributed by atoms with Crippen LogP contribution in [-0.2, 0) is 14.1 Å². The van der Waals surface area contributed by atoms with Crippen LogP contribution in [0.1, 0.15) is 0 Å². The summed E-state index contributed by atoms with van der Waals surface area (Å²) < 4.78 is 3.36. The van der Waals surface area contributed by atoms with E-state index in [4.69, 9.17) is 0 Å². The van der Waals surface area contributed by atoms with Crippen LogP contribution in [-0.4, -0.2) is 34.2 Å². The lowest BCUT2D eigenvalue weighted by molar-refractivity contribution is -0.392. The van der Waals surface area contributed by atoms with Crippen LogP contribution in [0.2, 0.25) is 0 Å². The number of nitrogens with zero attached hydrogens (tertiary/aromatic N) is 7. The Morgan fingerprint density at radius 3 is 2.64 bits per heavy atom. The average molecular weight is 317 g/mol. The SMILES string of the molecule is Cn1cnc([N+](=O)[O-])c1Sc1nnc(-c2ccncc2)n1C. The Labute approximate surface area is 129 Å². The molecule has 0 spiro atoms. The third-order valence-electron chi connectivity index (χ3n) is 3.00. The lowest BCUT2D eigenvalue weighted by Crippen LogP contribution is -1.98. The van der Waals surface area contributed by atoms with E-state index in [-0.39, 0.29) is 5.82 Å². The molecule has 0 aromatic carbocycles. The van der Waals surface area contributed by atoms with Crippen LogP contribution in [0, 0.1) is 10.1 Å². The molecule has 0 saturated heterocycles. The molecule has 0 saturated carbocycles. The molecular formula is C12H11N7O2S. The van der Waals surface area contributed by atoms with Gasteiger partial charge in [-0.15, -0.1) is 10.2 Å². The van der Waals surface area contributed by atoms with Crippen LogP contribution < -0.4 is 0 Å². The predicted molar refractivity (Wildman–Crippen MR) is 78.2 cm³/mol. The number of aromatic nitrogens is 6. The highest BCUT2D eigenvalue weighted by Crippen LogP contribution is 2.33. The molecule has 0 fully saturated rings. The molecule has 0 aliphatic rings. The topological polar surface area (TPSA) is 105 Å². The number of pyridine rings is 1. The van der Waals surface area contributed by atoms with Gasteiger partial charge in [-0.3, -0.25) is 4.98 Å². The predicted octanol–water partition coefficient (Wildman–Crippen LogP) is 1.67. The maximum atomic E-state index is 11.0. The van der Waals surface area contributed by atoms with Gasteiger partial charge in [-0.25, -0.2) is 0 Å². The first-order valence-corrected chi connectivity index (χ1v) is 7.03. The number of aryl methyl sites for hydroxylation is 1. The summed E-state index contributed by atoms with van der Waals surface area (Å²) in [6, 6.07) is 3.65. The van der Waals surface area contributed by atoms with Gasteiger partial charge < -0.3 is 19.2 Å². The Bertz CT molecular complexity index is 827. The van der Waals surface area contributed by atoms with E-state index in [1.165, 1.54) is 6.33 Å². The second kappa shape index (κ2) is 5.56. The van der Waals surface area contributed by atoms with E-state index in [0.29, 0.717) is 16.0 Å². The van der Waals surface area contributed by atoms with E-state index in [0.717, 1.165) is 17.3 Å². The molecule has 0 atom stereocenters. The van der Waals surface area contributed by atoms with Gasteiger partial charge in [0.2, 0.25) is 6.33 Å². The molecule has 0 aliphatic heterocycles. The number of hydrogen-bond donors (Lipinski definition) is 0. The van der Waals surface area contributed by atoms with E-state index >= 15 is 0 Å². The summed E-state index contributed by atoms with van der Waals surface area (Å²) in [6.07, 6.45) is 4.74. The van der Waals surface area contributed by atoms with Gasteiger partial charge in [0.05, 0.1) is 0 Å². The Kier molecular flexibility index (Phi) is 3.59. The highest BCUT2D eigenvalue weighted by molar-refractivity contribution is 7.99. The zero-order valence-electron chi connectivity index (χ0n) is 11.7. The van der Waals surface area contributed by atoms with Gasteiger partial charge >= 0.3 is 5.82 Å². The van der Waals surface area contributed by atoms with Crippen molar-refractivity contribution >= 4 is 17.6 Å². The molecule has 0 N–H and O–H groups in total. The molecule has 3 heterocycles. The Hall–Kier alpha value is -2.75. The van der Waals surface area contributed by atoms with Gasteiger partial charge in [-0.05, 0) is 33.8 Å². The monoisotopic (exact) mass is 317 g/mol. The first-order chi connectivity index (χ1) is 10.6. The molecule has 112 valence electrons. The van der Waals surface area contributed by atoms with E-state index in [9.17, 15) is 10.1 Å². The minimum absolute atomic E-state index is 0.194. The fraction of sp³-hybridized carbons (Fsp3) is 0.167. The van der Waals surface area contributed by atoms with Crippen molar-refractivity contribution in [2.24, 2.45) is 14.1 Å². The number of nitro groups is 1. The standard InChI is InChI=1S/C12H11N7O2S/c1-17-7-14-10(19(20)21)11(17)22-12-16-15-9(18(12)2)8-3-5-13-6-4-8/h3-7H,1-2H3. The third-order valence-corrected chi connectivity index (χ3v) is 4.20. The van der Waals surface area contributed by atoms with Crippen LogP contribution in [0.15, 0.2) is 41.0 Å². The van der Waals surface area contributed by atoms with Gasteiger partial charge in [0.15, 0.2) is 16.0 Å². The van der Waals surface area contributed by atoms with E-state index in [1.807, 2.05) is 12.1 Å². The maximum absolute atomic E-state index is 11.0. The second-order valence-corrected chi connectivity index (χ2v) is 5.40. The molecule has 0 radical (unpaired) electrons. The highest BCUT2D eigenvalue weighted by Gasteiger charge is 2.23. The number of hydrogen-bond acceptors (Lipinski definition) is 7. The molecule has 3 aromatic heterocycles. The van der Waals surface area contributed by atoms with Gasteiger partial charge in [0, 0.05) is 32.1 Å². The molecule has 0 aliphatic carbocycles. The lowest BCUT2D eigenvalue weighted by Gasteiger charge is -2.03. The first kappa shape index (κ1) is 14.2. The minimum atomic E-state index is -0.511. The molecule has 3 aromatic rings. The first-order valence-electron chi connectivity index (χ1n) is 6.21. The Morgan fingerprint density at radius 2 is 1.95 bits per heavy atom. The Balaban J connectivity index is 1.97. The van der Waals surface area contributed by atoms with Crippen molar-refractivity contribution < 1.29 is 4.92 Å². The zero-order chi connectivity index (χ0) is 15.7. The van der Waals surface area contributed by atoms with E-state index in [2.05, 4.69) is 20.2 Å². The summed E-state index contributed by atoms with van der Waals surface area (Å²) in [4.78, 5) is 18.2. The fourth-order valence-electron chi connectivity index (χ4n) is 1.89. The summed E-state index contributed by atoms with van der Waals surface area (Å²) in [7, 11) is 3.50. The van der Waals surface area contributed by atoms with Crippen molar-refractivity contribution in [3.8, 4) is 11.4 Å². The molecule has 3 rings (SSSR count). The molecule has 22 heavy (non-hydrogen) atoms. The lowest BCUT2D eigenvalue weighted by atomic mass is 10.2. The average Bonchev–Trinajstić information content (AvgIpc) is 3.05.